The average molecular weight is 321 g/mol. The summed E-state index contributed by atoms with van der Waals surface area (Å²) in [7, 11) is 0. The van der Waals surface area contributed by atoms with Crippen LogP contribution in [0.4, 0.5) is 0 Å². The first kappa shape index (κ1) is 14.0. The van der Waals surface area contributed by atoms with Crippen LogP contribution in [0.25, 0.3) is 0 Å². The quantitative estimate of drug-likeness (QED) is 0.902. The van der Waals surface area contributed by atoms with Crippen molar-refractivity contribution in [2.45, 2.75) is 20.4 Å². The smallest absolute Gasteiger partial charge is 0.146 e. The lowest BCUT2D eigenvalue weighted by Crippen LogP contribution is -2.11. The molecular weight excluding hydrogens is 304 g/mol. The first-order chi connectivity index (χ1) is 9.19. The zero-order chi connectivity index (χ0) is 13.7. The molecule has 0 aliphatic carbocycles. The monoisotopic (exact) mass is 320 g/mol. The third kappa shape index (κ3) is 4.04. The highest BCUT2D eigenvalue weighted by Crippen LogP contribution is 2.27. The van der Waals surface area contributed by atoms with Gasteiger partial charge in [0.05, 0.1) is 6.20 Å². The summed E-state index contributed by atoms with van der Waals surface area (Å²) in [6, 6.07) is 8.17. The molecule has 0 aliphatic heterocycles. The van der Waals surface area contributed by atoms with Crippen LogP contribution in [0.15, 0.2) is 41.1 Å². The Balaban J connectivity index is 2.19. The third-order valence-corrected chi connectivity index (χ3v) is 3.17. The SMILES string of the molecule is CCNCc1ccc(C)c(Oc2cncc(Br)c2)c1. The van der Waals surface area contributed by atoms with E-state index >= 15 is 0 Å². The van der Waals surface area contributed by atoms with Gasteiger partial charge in [0.1, 0.15) is 11.5 Å². The fourth-order valence-corrected chi connectivity index (χ4v) is 2.05. The molecule has 1 N–H and O–H groups in total. The van der Waals surface area contributed by atoms with Gasteiger partial charge >= 0.3 is 0 Å². The number of aromatic nitrogens is 1. The topological polar surface area (TPSA) is 34.1 Å². The molecule has 0 radical (unpaired) electrons. The Kier molecular flexibility index (Phi) is 4.93. The second-order valence-corrected chi connectivity index (χ2v) is 5.24. The highest BCUT2D eigenvalue weighted by atomic mass is 79.9. The third-order valence-electron chi connectivity index (χ3n) is 2.74. The summed E-state index contributed by atoms with van der Waals surface area (Å²) < 4.78 is 6.80. The molecule has 0 aliphatic rings. The number of nitrogens with zero attached hydrogens (tertiary/aromatic N) is 1. The lowest BCUT2D eigenvalue weighted by atomic mass is 10.1. The van der Waals surface area contributed by atoms with Gasteiger partial charge in [-0.25, -0.2) is 0 Å². The number of nitrogens with one attached hydrogen (secondary N) is 1. The minimum absolute atomic E-state index is 0.734. The predicted octanol–water partition coefficient (Wildman–Crippen LogP) is 4.05. The molecule has 0 amide bonds. The van der Waals surface area contributed by atoms with E-state index in [4.69, 9.17) is 4.74 Å². The number of rotatable bonds is 5. The number of pyridine rings is 1. The zero-order valence-corrected chi connectivity index (χ0v) is 12.7. The van der Waals surface area contributed by atoms with Gasteiger partial charge in [0.2, 0.25) is 0 Å². The van der Waals surface area contributed by atoms with Crippen LogP contribution < -0.4 is 10.1 Å². The number of benzene rings is 1. The van der Waals surface area contributed by atoms with Crippen molar-refractivity contribution in [1.82, 2.24) is 10.3 Å². The lowest BCUT2D eigenvalue weighted by Gasteiger charge is -2.11. The van der Waals surface area contributed by atoms with E-state index in [1.54, 1.807) is 12.4 Å². The number of ether oxygens (including phenoxy) is 1. The van der Waals surface area contributed by atoms with Gasteiger partial charge in [-0.2, -0.15) is 0 Å². The van der Waals surface area contributed by atoms with E-state index in [0.717, 1.165) is 34.6 Å². The van der Waals surface area contributed by atoms with Crippen molar-refractivity contribution in [3.8, 4) is 11.5 Å². The highest BCUT2D eigenvalue weighted by Gasteiger charge is 2.04. The average Bonchev–Trinajstić information content (AvgIpc) is 2.40. The molecule has 2 aromatic rings. The van der Waals surface area contributed by atoms with Gasteiger partial charge in [0.15, 0.2) is 0 Å². The van der Waals surface area contributed by atoms with Crippen LogP contribution in [0.1, 0.15) is 18.1 Å². The Bertz CT molecular complexity index is 558. The summed E-state index contributed by atoms with van der Waals surface area (Å²) >= 11 is 3.39. The molecule has 0 bridgehead atoms. The lowest BCUT2D eigenvalue weighted by molar-refractivity contribution is 0.475. The van der Waals surface area contributed by atoms with Crippen molar-refractivity contribution in [2.75, 3.05) is 6.54 Å². The Morgan fingerprint density at radius 2 is 2.11 bits per heavy atom. The number of hydrogen-bond acceptors (Lipinski definition) is 3. The molecule has 0 saturated carbocycles. The molecule has 0 atom stereocenters. The Morgan fingerprint density at radius 3 is 2.84 bits per heavy atom. The minimum atomic E-state index is 0.734. The van der Waals surface area contributed by atoms with E-state index < -0.39 is 0 Å². The van der Waals surface area contributed by atoms with Gasteiger partial charge in [-0.3, -0.25) is 4.98 Å². The first-order valence-corrected chi connectivity index (χ1v) is 7.07. The van der Waals surface area contributed by atoms with Crippen LogP contribution in [0, 0.1) is 6.92 Å². The molecule has 1 heterocycles. The summed E-state index contributed by atoms with van der Waals surface area (Å²) in [4.78, 5) is 4.10. The molecule has 19 heavy (non-hydrogen) atoms. The number of hydrogen-bond donors (Lipinski definition) is 1. The van der Waals surface area contributed by atoms with Crippen molar-refractivity contribution in [1.29, 1.82) is 0 Å². The van der Waals surface area contributed by atoms with Crippen LogP contribution in [-0.4, -0.2) is 11.5 Å². The maximum absolute atomic E-state index is 5.89. The van der Waals surface area contributed by atoms with E-state index in [1.807, 2.05) is 13.0 Å². The predicted molar refractivity (Wildman–Crippen MR) is 80.6 cm³/mol. The maximum atomic E-state index is 5.89. The maximum Gasteiger partial charge on any atom is 0.146 e. The molecule has 1 aromatic carbocycles. The highest BCUT2D eigenvalue weighted by molar-refractivity contribution is 9.10. The second kappa shape index (κ2) is 6.68. The van der Waals surface area contributed by atoms with E-state index in [9.17, 15) is 0 Å². The van der Waals surface area contributed by atoms with E-state index in [2.05, 4.69) is 51.4 Å². The van der Waals surface area contributed by atoms with Gasteiger partial charge in [-0.05, 0) is 52.7 Å². The van der Waals surface area contributed by atoms with Gasteiger partial charge in [0.25, 0.3) is 0 Å². The van der Waals surface area contributed by atoms with E-state index in [1.165, 1.54) is 5.56 Å². The van der Waals surface area contributed by atoms with Crippen molar-refractivity contribution in [3.05, 3.63) is 52.3 Å². The van der Waals surface area contributed by atoms with E-state index in [-0.39, 0.29) is 0 Å². The molecule has 4 heteroatoms. The van der Waals surface area contributed by atoms with Gasteiger partial charge < -0.3 is 10.1 Å². The van der Waals surface area contributed by atoms with Crippen molar-refractivity contribution in [2.24, 2.45) is 0 Å². The zero-order valence-electron chi connectivity index (χ0n) is 11.1. The van der Waals surface area contributed by atoms with Crippen molar-refractivity contribution < 1.29 is 4.74 Å². The molecule has 0 unspecified atom stereocenters. The van der Waals surface area contributed by atoms with Gasteiger partial charge in [-0.1, -0.05) is 19.1 Å². The summed E-state index contributed by atoms with van der Waals surface area (Å²) in [5.74, 6) is 1.60. The summed E-state index contributed by atoms with van der Waals surface area (Å²) in [5, 5.41) is 3.31. The molecule has 2 rings (SSSR count). The summed E-state index contributed by atoms with van der Waals surface area (Å²) in [6.07, 6.45) is 3.45. The molecular formula is C15H17BrN2O. The van der Waals surface area contributed by atoms with Crippen LogP contribution in [0.3, 0.4) is 0 Å². The van der Waals surface area contributed by atoms with Gasteiger partial charge in [0, 0.05) is 17.2 Å². The normalized spacial score (nSPS) is 10.5. The first-order valence-electron chi connectivity index (χ1n) is 6.27. The van der Waals surface area contributed by atoms with Crippen LogP contribution in [-0.2, 0) is 6.54 Å². The fourth-order valence-electron chi connectivity index (χ4n) is 1.71. The molecule has 100 valence electrons. The Morgan fingerprint density at radius 1 is 1.26 bits per heavy atom. The second-order valence-electron chi connectivity index (χ2n) is 4.32. The number of aryl methyl sites for hydroxylation is 1. The number of halogens is 1. The van der Waals surface area contributed by atoms with Crippen molar-refractivity contribution in [3.63, 3.8) is 0 Å². The summed E-state index contributed by atoms with van der Waals surface area (Å²) in [5.41, 5.74) is 2.32. The standard InChI is InChI=1S/C15H17BrN2O/c1-3-17-8-12-5-4-11(2)15(6-12)19-14-7-13(16)9-18-10-14/h4-7,9-10,17H,3,8H2,1-2H3. The summed E-state index contributed by atoms with van der Waals surface area (Å²) in [6.45, 7) is 5.94. The van der Waals surface area contributed by atoms with Crippen LogP contribution >= 0.6 is 15.9 Å². The molecule has 3 nitrogen and oxygen atoms in total. The minimum Gasteiger partial charge on any atom is -0.455 e. The Labute approximate surface area is 122 Å². The van der Waals surface area contributed by atoms with E-state index in [0.29, 0.717) is 0 Å². The van der Waals surface area contributed by atoms with Gasteiger partial charge in [-0.15, -0.1) is 0 Å². The Hall–Kier alpha value is -1.39. The molecule has 0 fully saturated rings. The largest absolute Gasteiger partial charge is 0.455 e. The fraction of sp³-hybridized carbons (Fsp3) is 0.267. The molecule has 0 saturated heterocycles. The van der Waals surface area contributed by atoms with Crippen molar-refractivity contribution >= 4 is 15.9 Å². The molecule has 0 spiro atoms. The molecule has 1 aromatic heterocycles. The van der Waals surface area contributed by atoms with Crippen LogP contribution in [0.5, 0.6) is 11.5 Å². The van der Waals surface area contributed by atoms with Crippen LogP contribution in [0.2, 0.25) is 0 Å².